The monoisotopic (exact) mass is 183 g/mol. The van der Waals surface area contributed by atoms with E-state index in [0.29, 0.717) is 10.8 Å². The quantitative estimate of drug-likeness (QED) is 0.593. The van der Waals surface area contributed by atoms with Crippen molar-refractivity contribution in [2.45, 2.75) is 0 Å². The number of hydrogen-bond donors (Lipinski definition) is 2. The fourth-order valence-corrected chi connectivity index (χ4v) is 1.20. The molecule has 0 atom stereocenters. The molecule has 0 aromatic carbocycles. The molecule has 0 unspecified atom stereocenters. The highest BCUT2D eigenvalue weighted by Gasteiger charge is 2.13. The van der Waals surface area contributed by atoms with Gasteiger partial charge in [-0.05, 0) is 0 Å². The number of hydrogen-bond acceptors (Lipinski definition) is 3. The highest BCUT2D eigenvalue weighted by Crippen LogP contribution is 2.25. The van der Waals surface area contributed by atoms with E-state index in [9.17, 15) is 4.79 Å². The number of anilines is 2. The van der Waals surface area contributed by atoms with Gasteiger partial charge in [-0.1, -0.05) is 11.6 Å². The number of halogens is 1. The van der Waals surface area contributed by atoms with E-state index in [1.54, 1.807) is 12.3 Å². The number of fused-ring (bicyclic) bond motifs is 1. The molecule has 4 nitrogen and oxygen atoms in total. The second kappa shape index (κ2) is 2.64. The minimum atomic E-state index is -0.0650. The maximum absolute atomic E-state index is 10.9. The molecule has 0 spiro atoms. The lowest BCUT2D eigenvalue weighted by Gasteiger charge is -2.17. The smallest absolute Gasteiger partial charge is 0.243 e. The number of nitrogens with zero attached hydrogens (tertiary/aromatic N) is 1. The fourth-order valence-electron chi connectivity index (χ4n) is 1.04. The minimum Gasteiger partial charge on any atom is -0.373 e. The number of nitrogens with one attached hydrogen (secondary N) is 2. The lowest BCUT2D eigenvalue weighted by atomic mass is 10.3. The third-order valence-electron chi connectivity index (χ3n) is 1.58. The molecule has 1 aromatic heterocycles. The molecule has 5 heteroatoms. The van der Waals surface area contributed by atoms with Crippen LogP contribution in [-0.2, 0) is 4.79 Å². The zero-order chi connectivity index (χ0) is 8.55. The zero-order valence-corrected chi connectivity index (χ0v) is 6.85. The SMILES string of the molecule is O=C1CNc2cnc(Cl)cc2N1. The van der Waals surface area contributed by atoms with Crippen LogP contribution in [-0.4, -0.2) is 17.4 Å². The van der Waals surface area contributed by atoms with E-state index in [2.05, 4.69) is 15.6 Å². The summed E-state index contributed by atoms with van der Waals surface area (Å²) < 4.78 is 0. The van der Waals surface area contributed by atoms with Crippen molar-refractivity contribution in [3.05, 3.63) is 17.4 Å². The van der Waals surface area contributed by atoms with Crippen molar-refractivity contribution in [1.82, 2.24) is 4.98 Å². The number of rotatable bonds is 0. The van der Waals surface area contributed by atoms with Gasteiger partial charge in [0, 0.05) is 6.07 Å². The van der Waals surface area contributed by atoms with Gasteiger partial charge in [0.1, 0.15) is 5.15 Å². The summed E-state index contributed by atoms with van der Waals surface area (Å²) in [6.45, 7) is 0.288. The maximum atomic E-state index is 10.9. The second-order valence-corrected chi connectivity index (χ2v) is 2.84. The molecule has 12 heavy (non-hydrogen) atoms. The van der Waals surface area contributed by atoms with Gasteiger partial charge in [-0.15, -0.1) is 0 Å². The summed E-state index contributed by atoms with van der Waals surface area (Å²) >= 11 is 5.63. The van der Waals surface area contributed by atoms with Gasteiger partial charge >= 0.3 is 0 Å². The number of amides is 1. The van der Waals surface area contributed by atoms with Crippen LogP contribution in [0.3, 0.4) is 0 Å². The predicted molar refractivity (Wildman–Crippen MR) is 46.4 cm³/mol. The van der Waals surface area contributed by atoms with Gasteiger partial charge in [0.25, 0.3) is 0 Å². The average Bonchev–Trinajstić information content (AvgIpc) is 2.03. The summed E-state index contributed by atoms with van der Waals surface area (Å²) in [7, 11) is 0. The van der Waals surface area contributed by atoms with Crippen LogP contribution in [0.25, 0.3) is 0 Å². The van der Waals surface area contributed by atoms with E-state index in [4.69, 9.17) is 11.6 Å². The van der Waals surface area contributed by atoms with Gasteiger partial charge in [0.05, 0.1) is 24.1 Å². The van der Waals surface area contributed by atoms with Crippen molar-refractivity contribution < 1.29 is 4.79 Å². The summed E-state index contributed by atoms with van der Waals surface area (Å²) in [4.78, 5) is 14.8. The lowest BCUT2D eigenvalue weighted by Crippen LogP contribution is -2.27. The van der Waals surface area contributed by atoms with Gasteiger partial charge in [0.2, 0.25) is 5.91 Å². The van der Waals surface area contributed by atoms with Crippen LogP contribution in [0.2, 0.25) is 5.15 Å². The van der Waals surface area contributed by atoms with Gasteiger partial charge in [0.15, 0.2) is 0 Å². The Morgan fingerprint density at radius 3 is 3.17 bits per heavy atom. The van der Waals surface area contributed by atoms with Gasteiger partial charge in [-0.2, -0.15) is 0 Å². The molecule has 0 bridgehead atoms. The lowest BCUT2D eigenvalue weighted by molar-refractivity contribution is -0.114. The van der Waals surface area contributed by atoms with E-state index >= 15 is 0 Å². The molecular formula is C7H6ClN3O. The first-order valence-electron chi connectivity index (χ1n) is 3.45. The molecule has 1 aliphatic rings. The van der Waals surface area contributed by atoms with Crippen LogP contribution in [0, 0.1) is 0 Å². The Labute approximate surface area is 73.9 Å². The molecule has 2 heterocycles. The van der Waals surface area contributed by atoms with Crippen LogP contribution in [0.4, 0.5) is 11.4 Å². The molecule has 0 aliphatic carbocycles. The molecule has 1 aromatic rings. The highest BCUT2D eigenvalue weighted by atomic mass is 35.5. The minimum absolute atomic E-state index is 0.0650. The molecule has 0 radical (unpaired) electrons. The molecule has 1 amide bonds. The summed E-state index contributed by atoms with van der Waals surface area (Å²) in [6.07, 6.45) is 1.59. The maximum Gasteiger partial charge on any atom is 0.243 e. The average molecular weight is 184 g/mol. The standard InChI is InChI=1S/C7H6ClN3O/c8-6-1-4-5(2-10-6)9-3-7(12)11-4/h1-2,9H,3H2,(H,11,12). The van der Waals surface area contributed by atoms with Crippen LogP contribution in [0.5, 0.6) is 0 Å². The normalized spacial score (nSPS) is 14.6. The zero-order valence-electron chi connectivity index (χ0n) is 6.10. The van der Waals surface area contributed by atoms with Gasteiger partial charge < -0.3 is 10.6 Å². The molecule has 0 fully saturated rings. The first-order valence-corrected chi connectivity index (χ1v) is 3.83. The van der Waals surface area contributed by atoms with E-state index in [-0.39, 0.29) is 12.5 Å². The van der Waals surface area contributed by atoms with E-state index in [1.807, 2.05) is 0 Å². The van der Waals surface area contributed by atoms with E-state index in [0.717, 1.165) is 5.69 Å². The first-order chi connectivity index (χ1) is 5.75. The summed E-state index contributed by atoms with van der Waals surface area (Å²) in [5.41, 5.74) is 1.49. The molecule has 2 N–H and O–H groups in total. The van der Waals surface area contributed by atoms with Crippen molar-refractivity contribution in [1.29, 1.82) is 0 Å². The number of carbonyl (C=O) groups excluding carboxylic acids is 1. The van der Waals surface area contributed by atoms with Crippen LogP contribution in [0.15, 0.2) is 12.3 Å². The van der Waals surface area contributed by atoms with Crippen LogP contribution >= 0.6 is 11.6 Å². The number of aromatic nitrogens is 1. The van der Waals surface area contributed by atoms with E-state index < -0.39 is 0 Å². The Morgan fingerprint density at radius 1 is 1.50 bits per heavy atom. The summed E-state index contributed by atoms with van der Waals surface area (Å²) in [5, 5.41) is 5.95. The van der Waals surface area contributed by atoms with Crippen molar-refractivity contribution in [2.75, 3.05) is 17.2 Å². The first kappa shape index (κ1) is 7.36. The Bertz CT molecular complexity index is 339. The van der Waals surface area contributed by atoms with Crippen molar-refractivity contribution >= 4 is 28.9 Å². The van der Waals surface area contributed by atoms with E-state index in [1.165, 1.54) is 0 Å². The van der Waals surface area contributed by atoms with Gasteiger partial charge in [-0.25, -0.2) is 4.98 Å². The third kappa shape index (κ3) is 1.21. The molecule has 2 rings (SSSR count). The molecule has 0 saturated heterocycles. The summed E-state index contributed by atoms with van der Waals surface area (Å²) in [5.74, 6) is -0.0650. The fraction of sp³-hybridized carbons (Fsp3) is 0.143. The van der Waals surface area contributed by atoms with Crippen LogP contribution < -0.4 is 10.6 Å². The molecule has 62 valence electrons. The highest BCUT2D eigenvalue weighted by molar-refractivity contribution is 6.29. The number of pyridine rings is 1. The van der Waals surface area contributed by atoms with Crippen molar-refractivity contribution in [2.24, 2.45) is 0 Å². The van der Waals surface area contributed by atoms with Crippen LogP contribution in [0.1, 0.15) is 0 Å². The second-order valence-electron chi connectivity index (χ2n) is 2.45. The predicted octanol–water partition coefficient (Wildman–Crippen LogP) is 1.10. The Balaban J connectivity index is 2.44. The Kier molecular flexibility index (Phi) is 1.62. The molecule has 1 aliphatic heterocycles. The van der Waals surface area contributed by atoms with Gasteiger partial charge in [-0.3, -0.25) is 4.79 Å². The topological polar surface area (TPSA) is 54.0 Å². The molecular weight excluding hydrogens is 178 g/mol. The van der Waals surface area contributed by atoms with Crippen molar-refractivity contribution in [3.63, 3.8) is 0 Å². The Morgan fingerprint density at radius 2 is 2.33 bits per heavy atom. The largest absolute Gasteiger partial charge is 0.373 e. The summed E-state index contributed by atoms with van der Waals surface area (Å²) in [6, 6.07) is 1.61. The Hall–Kier alpha value is -1.29. The third-order valence-corrected chi connectivity index (χ3v) is 1.79. The number of carbonyl (C=O) groups is 1. The molecule has 0 saturated carbocycles. The van der Waals surface area contributed by atoms with Crippen molar-refractivity contribution in [3.8, 4) is 0 Å².